The van der Waals surface area contributed by atoms with Crippen LogP contribution in [0.25, 0.3) is 22.2 Å². The van der Waals surface area contributed by atoms with E-state index in [1.54, 1.807) is 44.6 Å². The zero-order chi connectivity index (χ0) is 22.0. The van der Waals surface area contributed by atoms with Gasteiger partial charge in [-0.25, -0.2) is 8.42 Å². The van der Waals surface area contributed by atoms with Crippen molar-refractivity contribution in [2.45, 2.75) is 11.4 Å². The Morgan fingerprint density at radius 2 is 1.65 bits per heavy atom. The van der Waals surface area contributed by atoms with Crippen LogP contribution in [0.15, 0.2) is 70.1 Å². The van der Waals surface area contributed by atoms with Gasteiger partial charge in [0.05, 0.1) is 25.7 Å². The molecular formula is C22H21N3O5S. The van der Waals surface area contributed by atoms with E-state index < -0.39 is 10.0 Å². The van der Waals surface area contributed by atoms with Gasteiger partial charge in [0, 0.05) is 12.6 Å². The summed E-state index contributed by atoms with van der Waals surface area (Å²) in [6.45, 7) is -0.0556. The number of ether oxygens (including phenoxy) is 2. The van der Waals surface area contributed by atoms with Gasteiger partial charge in [0.2, 0.25) is 21.7 Å². The summed E-state index contributed by atoms with van der Waals surface area (Å²) in [5.41, 5.74) is 0.713. The van der Waals surface area contributed by atoms with Gasteiger partial charge in [0.1, 0.15) is 11.5 Å². The average molecular weight is 439 g/mol. The summed E-state index contributed by atoms with van der Waals surface area (Å²) in [6, 6.07) is 17.7. The van der Waals surface area contributed by atoms with Crippen LogP contribution < -0.4 is 9.47 Å². The van der Waals surface area contributed by atoms with E-state index in [9.17, 15) is 8.42 Å². The molecule has 1 aromatic heterocycles. The van der Waals surface area contributed by atoms with Crippen molar-refractivity contribution < 1.29 is 22.4 Å². The van der Waals surface area contributed by atoms with Gasteiger partial charge < -0.3 is 14.0 Å². The molecule has 0 radical (unpaired) electrons. The molecule has 8 nitrogen and oxygen atoms in total. The number of aromatic nitrogens is 2. The summed E-state index contributed by atoms with van der Waals surface area (Å²) in [5, 5.41) is 5.64. The van der Waals surface area contributed by atoms with E-state index in [4.69, 9.17) is 14.0 Å². The maximum absolute atomic E-state index is 13.1. The topological polar surface area (TPSA) is 94.8 Å². The molecule has 0 bridgehead atoms. The van der Waals surface area contributed by atoms with Gasteiger partial charge in [0.15, 0.2) is 0 Å². The Kier molecular flexibility index (Phi) is 5.62. The van der Waals surface area contributed by atoms with Gasteiger partial charge in [-0.3, -0.25) is 0 Å². The van der Waals surface area contributed by atoms with Crippen molar-refractivity contribution in [3.8, 4) is 22.9 Å². The number of sulfonamides is 1. The molecule has 0 fully saturated rings. The fourth-order valence-corrected chi connectivity index (χ4v) is 4.30. The SMILES string of the molecule is COc1cccc(-c2noc(CN(C)S(=O)(=O)c3ccc4cc(OC)ccc4c3)n2)c1. The second kappa shape index (κ2) is 8.37. The van der Waals surface area contributed by atoms with E-state index in [1.807, 2.05) is 30.3 Å². The molecule has 9 heteroatoms. The largest absolute Gasteiger partial charge is 0.497 e. The molecule has 0 spiro atoms. The number of nitrogens with zero attached hydrogens (tertiary/aromatic N) is 3. The fourth-order valence-electron chi connectivity index (χ4n) is 3.14. The minimum atomic E-state index is -3.76. The molecule has 0 saturated heterocycles. The number of benzene rings is 3. The molecular weight excluding hydrogens is 418 g/mol. The Hall–Kier alpha value is -3.43. The van der Waals surface area contributed by atoms with Crippen molar-refractivity contribution in [1.82, 2.24) is 14.4 Å². The first-order valence-corrected chi connectivity index (χ1v) is 10.9. The Labute approximate surface area is 180 Å². The van der Waals surface area contributed by atoms with Crippen molar-refractivity contribution in [2.24, 2.45) is 0 Å². The van der Waals surface area contributed by atoms with Gasteiger partial charge >= 0.3 is 0 Å². The van der Waals surface area contributed by atoms with Gasteiger partial charge in [-0.1, -0.05) is 29.4 Å². The monoisotopic (exact) mass is 439 g/mol. The Bertz CT molecular complexity index is 1330. The highest BCUT2D eigenvalue weighted by Crippen LogP contribution is 2.26. The zero-order valence-electron chi connectivity index (χ0n) is 17.3. The van der Waals surface area contributed by atoms with Crippen molar-refractivity contribution in [2.75, 3.05) is 21.3 Å². The van der Waals surface area contributed by atoms with Gasteiger partial charge in [-0.15, -0.1) is 0 Å². The molecule has 0 unspecified atom stereocenters. The normalized spacial score (nSPS) is 11.7. The average Bonchev–Trinajstić information content (AvgIpc) is 3.26. The number of hydrogen-bond acceptors (Lipinski definition) is 7. The van der Waals surface area contributed by atoms with Crippen LogP contribution in [-0.2, 0) is 16.6 Å². The molecule has 0 aliphatic rings. The van der Waals surface area contributed by atoms with Crippen LogP contribution in [0.5, 0.6) is 11.5 Å². The maximum atomic E-state index is 13.1. The van der Waals surface area contributed by atoms with Crippen LogP contribution >= 0.6 is 0 Å². The highest BCUT2D eigenvalue weighted by molar-refractivity contribution is 7.89. The highest BCUT2D eigenvalue weighted by Gasteiger charge is 2.23. The standard InChI is InChI=1S/C22H21N3O5S/c1-25(14-21-23-22(24-30-21)17-5-4-6-18(12-17)28-2)31(26,27)20-10-8-15-11-19(29-3)9-7-16(15)13-20/h4-13H,14H2,1-3H3. The summed E-state index contributed by atoms with van der Waals surface area (Å²) < 4.78 is 43.0. The quantitative estimate of drug-likeness (QED) is 0.433. The molecule has 0 N–H and O–H groups in total. The predicted molar refractivity (Wildman–Crippen MR) is 115 cm³/mol. The maximum Gasteiger partial charge on any atom is 0.243 e. The van der Waals surface area contributed by atoms with E-state index in [-0.39, 0.29) is 17.3 Å². The van der Waals surface area contributed by atoms with E-state index >= 15 is 0 Å². The minimum absolute atomic E-state index is 0.0556. The molecule has 0 atom stereocenters. The van der Waals surface area contributed by atoms with Crippen molar-refractivity contribution >= 4 is 20.8 Å². The second-order valence-electron chi connectivity index (χ2n) is 6.88. The van der Waals surface area contributed by atoms with E-state index in [0.29, 0.717) is 22.9 Å². The molecule has 4 rings (SSSR count). The first-order chi connectivity index (χ1) is 14.9. The van der Waals surface area contributed by atoms with E-state index in [1.165, 1.54) is 11.4 Å². The third-order valence-corrected chi connectivity index (χ3v) is 6.68. The van der Waals surface area contributed by atoms with Crippen molar-refractivity contribution in [1.29, 1.82) is 0 Å². The van der Waals surface area contributed by atoms with Crippen LogP contribution in [0.3, 0.4) is 0 Å². The summed E-state index contributed by atoms with van der Waals surface area (Å²) in [6.07, 6.45) is 0. The van der Waals surface area contributed by atoms with Crippen LogP contribution in [0.1, 0.15) is 5.89 Å². The zero-order valence-corrected chi connectivity index (χ0v) is 18.1. The fraction of sp³-hybridized carbons (Fsp3) is 0.182. The molecule has 0 saturated carbocycles. The third kappa shape index (κ3) is 4.23. The first kappa shape index (κ1) is 20.8. The lowest BCUT2D eigenvalue weighted by atomic mass is 10.1. The van der Waals surface area contributed by atoms with Crippen LogP contribution in [0.2, 0.25) is 0 Å². The van der Waals surface area contributed by atoms with Gasteiger partial charge in [0.25, 0.3) is 0 Å². The second-order valence-corrected chi connectivity index (χ2v) is 8.92. The number of rotatable bonds is 7. The lowest BCUT2D eigenvalue weighted by Crippen LogP contribution is -2.26. The molecule has 3 aromatic carbocycles. The van der Waals surface area contributed by atoms with Crippen LogP contribution in [0.4, 0.5) is 0 Å². The Balaban J connectivity index is 1.56. The summed E-state index contributed by atoms with van der Waals surface area (Å²) >= 11 is 0. The smallest absolute Gasteiger partial charge is 0.243 e. The predicted octanol–water partition coefficient (Wildman–Crippen LogP) is 3.73. The molecule has 4 aromatic rings. The summed E-state index contributed by atoms with van der Waals surface area (Å²) in [4.78, 5) is 4.50. The molecule has 0 aliphatic heterocycles. The highest BCUT2D eigenvalue weighted by atomic mass is 32.2. The summed E-state index contributed by atoms with van der Waals surface area (Å²) in [7, 11) is 0.882. The van der Waals surface area contributed by atoms with Gasteiger partial charge in [-0.2, -0.15) is 9.29 Å². The van der Waals surface area contributed by atoms with E-state index in [2.05, 4.69) is 10.1 Å². The van der Waals surface area contributed by atoms with Gasteiger partial charge in [-0.05, 0) is 47.2 Å². The van der Waals surface area contributed by atoms with Crippen LogP contribution in [0, 0.1) is 0 Å². The third-order valence-electron chi connectivity index (χ3n) is 4.88. The first-order valence-electron chi connectivity index (χ1n) is 9.42. The van der Waals surface area contributed by atoms with Crippen molar-refractivity contribution in [3.05, 3.63) is 66.6 Å². The molecule has 0 amide bonds. The number of fused-ring (bicyclic) bond motifs is 1. The minimum Gasteiger partial charge on any atom is -0.497 e. The Morgan fingerprint density at radius 1 is 0.935 bits per heavy atom. The lowest BCUT2D eigenvalue weighted by molar-refractivity contribution is 0.337. The van der Waals surface area contributed by atoms with Crippen LogP contribution in [-0.4, -0.2) is 44.1 Å². The molecule has 1 heterocycles. The lowest BCUT2D eigenvalue weighted by Gasteiger charge is -2.15. The Morgan fingerprint density at radius 3 is 2.42 bits per heavy atom. The molecule has 160 valence electrons. The number of methoxy groups -OCH3 is 2. The molecule has 0 aliphatic carbocycles. The summed E-state index contributed by atoms with van der Waals surface area (Å²) in [5.74, 6) is 1.93. The number of hydrogen-bond donors (Lipinski definition) is 0. The van der Waals surface area contributed by atoms with E-state index in [0.717, 1.165) is 10.8 Å². The molecule has 31 heavy (non-hydrogen) atoms. The van der Waals surface area contributed by atoms with Crippen molar-refractivity contribution in [3.63, 3.8) is 0 Å².